The average molecular weight is 302 g/mol. The first-order valence-corrected chi connectivity index (χ1v) is 7.21. The number of aromatic nitrogens is 2. The summed E-state index contributed by atoms with van der Waals surface area (Å²) in [5.41, 5.74) is 0.679. The normalized spacial score (nSPS) is 18.3. The molecule has 1 aliphatic heterocycles. The third kappa shape index (κ3) is 3.09. The maximum Gasteiger partial charge on any atom is 0.266 e. The van der Waals surface area contributed by atoms with Crippen LogP contribution in [0.15, 0.2) is 28.8 Å². The van der Waals surface area contributed by atoms with E-state index in [0.29, 0.717) is 29.6 Å². The van der Waals surface area contributed by atoms with Crippen LogP contribution in [-0.4, -0.2) is 35.2 Å². The Morgan fingerprint density at radius 1 is 1.41 bits per heavy atom. The van der Waals surface area contributed by atoms with Crippen LogP contribution in [0.4, 0.5) is 5.69 Å². The highest BCUT2D eigenvalue weighted by Crippen LogP contribution is 2.29. The molecule has 0 saturated carbocycles. The van der Waals surface area contributed by atoms with E-state index in [1.807, 2.05) is 32.2 Å². The molecule has 116 valence electrons. The standard InChI is InChI=1S/C15H18N4O3/c1-9(16-2)7-13-18-14(22-19-13)8-12-15(20)17-10-5-3-4-6-11(10)21-12/h3-6,9,12,16H,7-8H2,1-2H3,(H,17,20). The lowest BCUT2D eigenvalue weighted by Crippen LogP contribution is -2.38. The number of anilines is 1. The molecule has 0 saturated heterocycles. The van der Waals surface area contributed by atoms with Gasteiger partial charge in [0.1, 0.15) is 5.75 Å². The Morgan fingerprint density at radius 2 is 2.23 bits per heavy atom. The molecule has 1 aromatic carbocycles. The fourth-order valence-electron chi connectivity index (χ4n) is 2.22. The van der Waals surface area contributed by atoms with Gasteiger partial charge in [0, 0.05) is 12.5 Å². The number of ether oxygens (including phenoxy) is 1. The minimum Gasteiger partial charge on any atom is -0.478 e. The molecule has 0 fully saturated rings. The summed E-state index contributed by atoms with van der Waals surface area (Å²) in [6.07, 6.45) is 0.256. The number of para-hydroxylation sites is 2. The van der Waals surface area contributed by atoms with Crippen molar-refractivity contribution < 1.29 is 14.1 Å². The highest BCUT2D eigenvalue weighted by molar-refractivity contribution is 5.97. The van der Waals surface area contributed by atoms with Crippen molar-refractivity contribution >= 4 is 11.6 Å². The number of hydrogen-bond donors (Lipinski definition) is 2. The number of hydrogen-bond acceptors (Lipinski definition) is 6. The van der Waals surface area contributed by atoms with E-state index in [1.165, 1.54) is 0 Å². The number of carbonyl (C=O) groups is 1. The SMILES string of the molecule is CNC(C)Cc1noc(CC2Oc3ccccc3NC2=O)n1. The quantitative estimate of drug-likeness (QED) is 0.861. The van der Waals surface area contributed by atoms with Crippen LogP contribution in [0.3, 0.4) is 0 Å². The predicted molar refractivity (Wildman–Crippen MR) is 79.7 cm³/mol. The van der Waals surface area contributed by atoms with Crippen LogP contribution in [-0.2, 0) is 17.6 Å². The van der Waals surface area contributed by atoms with Gasteiger partial charge in [0.2, 0.25) is 5.89 Å². The number of nitrogens with zero attached hydrogens (tertiary/aromatic N) is 2. The fourth-order valence-corrected chi connectivity index (χ4v) is 2.22. The van der Waals surface area contributed by atoms with E-state index in [-0.39, 0.29) is 18.4 Å². The Balaban J connectivity index is 1.67. The van der Waals surface area contributed by atoms with Crippen LogP contribution in [0.1, 0.15) is 18.6 Å². The van der Waals surface area contributed by atoms with Gasteiger partial charge in [-0.05, 0) is 26.1 Å². The van der Waals surface area contributed by atoms with Gasteiger partial charge in [-0.3, -0.25) is 4.79 Å². The van der Waals surface area contributed by atoms with Gasteiger partial charge in [0.05, 0.1) is 12.1 Å². The molecular formula is C15H18N4O3. The summed E-state index contributed by atoms with van der Waals surface area (Å²) >= 11 is 0. The Bertz CT molecular complexity index is 670. The second kappa shape index (κ2) is 6.15. The number of likely N-dealkylation sites (N-methyl/N-ethyl adjacent to an activating group) is 1. The Hall–Kier alpha value is -2.41. The van der Waals surface area contributed by atoms with E-state index >= 15 is 0 Å². The van der Waals surface area contributed by atoms with Crippen LogP contribution in [0.5, 0.6) is 5.75 Å². The van der Waals surface area contributed by atoms with Gasteiger partial charge in [-0.2, -0.15) is 4.98 Å². The second-order valence-electron chi connectivity index (χ2n) is 5.29. The minimum atomic E-state index is -0.662. The van der Waals surface area contributed by atoms with Crippen molar-refractivity contribution in [2.24, 2.45) is 0 Å². The summed E-state index contributed by atoms with van der Waals surface area (Å²) in [6, 6.07) is 7.57. The van der Waals surface area contributed by atoms with E-state index in [4.69, 9.17) is 9.26 Å². The zero-order chi connectivity index (χ0) is 15.5. The Kier molecular flexibility index (Phi) is 4.06. The summed E-state index contributed by atoms with van der Waals surface area (Å²) in [4.78, 5) is 16.4. The fraction of sp³-hybridized carbons (Fsp3) is 0.400. The van der Waals surface area contributed by atoms with Gasteiger partial charge in [-0.1, -0.05) is 17.3 Å². The maximum absolute atomic E-state index is 12.1. The molecule has 7 heteroatoms. The van der Waals surface area contributed by atoms with Gasteiger partial charge >= 0.3 is 0 Å². The monoisotopic (exact) mass is 302 g/mol. The summed E-state index contributed by atoms with van der Waals surface area (Å²) in [5.74, 6) is 1.46. The number of nitrogens with one attached hydrogen (secondary N) is 2. The molecule has 22 heavy (non-hydrogen) atoms. The number of fused-ring (bicyclic) bond motifs is 1. The summed E-state index contributed by atoms with van der Waals surface area (Å²) in [5, 5.41) is 9.85. The molecule has 1 aromatic heterocycles. The van der Waals surface area contributed by atoms with Gasteiger partial charge in [-0.15, -0.1) is 0 Å². The molecule has 2 N–H and O–H groups in total. The summed E-state index contributed by atoms with van der Waals surface area (Å²) in [7, 11) is 1.88. The van der Waals surface area contributed by atoms with Crippen LogP contribution in [0.2, 0.25) is 0 Å². The van der Waals surface area contributed by atoms with E-state index < -0.39 is 6.10 Å². The number of carbonyl (C=O) groups excluding carboxylic acids is 1. The van der Waals surface area contributed by atoms with Crippen molar-refractivity contribution in [2.45, 2.75) is 31.9 Å². The van der Waals surface area contributed by atoms with Crippen LogP contribution < -0.4 is 15.4 Å². The second-order valence-corrected chi connectivity index (χ2v) is 5.29. The van der Waals surface area contributed by atoms with Crippen molar-refractivity contribution in [2.75, 3.05) is 12.4 Å². The number of rotatable bonds is 5. The third-order valence-electron chi connectivity index (χ3n) is 3.56. The third-order valence-corrected chi connectivity index (χ3v) is 3.56. The maximum atomic E-state index is 12.1. The van der Waals surface area contributed by atoms with Crippen LogP contribution >= 0.6 is 0 Å². The van der Waals surface area contributed by atoms with E-state index in [0.717, 1.165) is 0 Å². The highest BCUT2D eigenvalue weighted by Gasteiger charge is 2.29. The molecule has 0 bridgehead atoms. The van der Waals surface area contributed by atoms with Gasteiger partial charge in [0.25, 0.3) is 5.91 Å². The average Bonchev–Trinajstić information content (AvgIpc) is 2.95. The van der Waals surface area contributed by atoms with Crippen LogP contribution in [0.25, 0.3) is 0 Å². The molecule has 2 unspecified atom stereocenters. The van der Waals surface area contributed by atoms with Crippen molar-refractivity contribution in [3.8, 4) is 5.75 Å². The van der Waals surface area contributed by atoms with Crippen molar-refractivity contribution in [3.05, 3.63) is 36.0 Å². The largest absolute Gasteiger partial charge is 0.478 e. The molecule has 2 heterocycles. The Labute approximate surface area is 128 Å². The molecule has 1 aliphatic rings. The molecule has 0 radical (unpaired) electrons. The molecule has 2 aromatic rings. The molecule has 2 atom stereocenters. The molecule has 3 rings (SSSR count). The molecule has 0 aliphatic carbocycles. The van der Waals surface area contributed by atoms with Crippen molar-refractivity contribution in [1.82, 2.24) is 15.5 Å². The minimum absolute atomic E-state index is 0.206. The van der Waals surface area contributed by atoms with E-state index in [1.54, 1.807) is 6.07 Å². The first-order valence-electron chi connectivity index (χ1n) is 7.21. The topological polar surface area (TPSA) is 89.3 Å². The summed E-state index contributed by atoms with van der Waals surface area (Å²) in [6.45, 7) is 2.03. The molecule has 7 nitrogen and oxygen atoms in total. The highest BCUT2D eigenvalue weighted by atomic mass is 16.5. The molecule has 1 amide bonds. The molecular weight excluding hydrogens is 284 g/mol. The summed E-state index contributed by atoms with van der Waals surface area (Å²) < 4.78 is 10.9. The lowest BCUT2D eigenvalue weighted by atomic mass is 10.1. The van der Waals surface area contributed by atoms with Crippen molar-refractivity contribution in [3.63, 3.8) is 0 Å². The number of benzene rings is 1. The first kappa shape index (κ1) is 14.5. The zero-order valence-electron chi connectivity index (χ0n) is 12.5. The molecule has 0 spiro atoms. The first-order chi connectivity index (χ1) is 10.7. The Morgan fingerprint density at radius 3 is 3.05 bits per heavy atom. The van der Waals surface area contributed by atoms with Gasteiger partial charge < -0.3 is 19.9 Å². The number of amides is 1. The van der Waals surface area contributed by atoms with Crippen molar-refractivity contribution in [1.29, 1.82) is 0 Å². The lowest BCUT2D eigenvalue weighted by molar-refractivity contribution is -0.123. The smallest absolute Gasteiger partial charge is 0.266 e. The van der Waals surface area contributed by atoms with E-state index in [2.05, 4.69) is 20.8 Å². The van der Waals surface area contributed by atoms with E-state index in [9.17, 15) is 4.79 Å². The van der Waals surface area contributed by atoms with Crippen LogP contribution in [0, 0.1) is 0 Å². The van der Waals surface area contributed by atoms with Gasteiger partial charge in [-0.25, -0.2) is 0 Å². The lowest BCUT2D eigenvalue weighted by Gasteiger charge is -2.24. The predicted octanol–water partition coefficient (Wildman–Crippen LogP) is 1.16. The van der Waals surface area contributed by atoms with Gasteiger partial charge in [0.15, 0.2) is 11.9 Å². The zero-order valence-corrected chi connectivity index (χ0v) is 12.5.